The summed E-state index contributed by atoms with van der Waals surface area (Å²) < 4.78 is 23.2. The third-order valence-corrected chi connectivity index (χ3v) is 3.83. The van der Waals surface area contributed by atoms with Gasteiger partial charge in [-0.05, 0) is 39.8 Å². The molecule has 6 heteroatoms. The molecule has 2 aliphatic heterocycles. The predicted octanol–water partition coefficient (Wildman–Crippen LogP) is 2.12. The third kappa shape index (κ3) is 1.71. The van der Waals surface area contributed by atoms with Gasteiger partial charge >= 0.3 is 14.0 Å². The number of hydrogen-bond acceptors (Lipinski definition) is 4. The van der Waals surface area contributed by atoms with Crippen LogP contribution in [0.4, 0.5) is 0 Å². The molecule has 0 spiro atoms. The van der Waals surface area contributed by atoms with Crippen LogP contribution in [0, 0.1) is 0 Å². The largest absolute Gasteiger partial charge is 0.617 e. The van der Waals surface area contributed by atoms with E-state index in [1.807, 2.05) is 52.0 Å². The first-order valence-electron chi connectivity index (χ1n) is 6.17. The lowest BCUT2D eigenvalue weighted by atomic mass is 9.49. The summed E-state index contributed by atoms with van der Waals surface area (Å²) >= 11 is 0. The third-order valence-electron chi connectivity index (χ3n) is 3.83. The minimum absolute atomic E-state index is 0.376. The van der Waals surface area contributed by atoms with Crippen molar-refractivity contribution in [3.05, 3.63) is 24.3 Å². The van der Waals surface area contributed by atoms with E-state index < -0.39 is 14.0 Å². The van der Waals surface area contributed by atoms with E-state index in [1.54, 1.807) is 0 Å². The molecule has 0 radical (unpaired) electrons. The van der Waals surface area contributed by atoms with Gasteiger partial charge in [-0.25, -0.2) is 0 Å². The van der Waals surface area contributed by atoms with Crippen LogP contribution in [-0.2, 0) is 9.31 Å². The van der Waals surface area contributed by atoms with Crippen LogP contribution in [0.2, 0.25) is 0 Å². The van der Waals surface area contributed by atoms with Gasteiger partial charge in [0, 0.05) is 0 Å². The molecule has 2 aliphatic rings. The fraction of sp³-hybridized carbons (Fsp3) is 0.500. The van der Waals surface area contributed by atoms with Gasteiger partial charge in [0.15, 0.2) is 0 Å². The predicted molar refractivity (Wildman–Crippen MR) is 69.5 cm³/mol. The van der Waals surface area contributed by atoms with Gasteiger partial charge in [-0.3, -0.25) is 0 Å². The summed E-state index contributed by atoms with van der Waals surface area (Å²) in [4.78, 5) is 0. The van der Waals surface area contributed by atoms with Gasteiger partial charge in [0.1, 0.15) is 11.5 Å². The lowest BCUT2D eigenvalue weighted by Crippen LogP contribution is -2.46. The fourth-order valence-corrected chi connectivity index (χ4v) is 2.03. The molecule has 0 amide bonds. The zero-order chi connectivity index (χ0) is 13.0. The maximum Gasteiger partial charge on any atom is 0.617 e. The van der Waals surface area contributed by atoms with E-state index in [0.29, 0.717) is 0 Å². The van der Waals surface area contributed by atoms with Gasteiger partial charge in [-0.2, -0.15) is 0 Å². The minimum atomic E-state index is -0.538. The van der Waals surface area contributed by atoms with Gasteiger partial charge in [0.05, 0.1) is 11.2 Å². The van der Waals surface area contributed by atoms with Crippen molar-refractivity contribution < 1.29 is 18.6 Å². The summed E-state index contributed by atoms with van der Waals surface area (Å²) in [6.07, 6.45) is 0. The summed E-state index contributed by atoms with van der Waals surface area (Å²) in [6, 6.07) is 7.57. The second-order valence-electron chi connectivity index (χ2n) is 5.68. The van der Waals surface area contributed by atoms with Crippen molar-refractivity contribution in [2.75, 3.05) is 0 Å². The molecular formula is C12H16B2O4. The minimum Gasteiger partial charge on any atom is -0.526 e. The van der Waals surface area contributed by atoms with Gasteiger partial charge in [0.25, 0.3) is 0 Å². The first kappa shape index (κ1) is 11.9. The lowest BCUT2D eigenvalue weighted by Gasteiger charge is -2.32. The van der Waals surface area contributed by atoms with Gasteiger partial charge in [0.2, 0.25) is 0 Å². The number of para-hydroxylation sites is 2. The van der Waals surface area contributed by atoms with E-state index in [1.165, 1.54) is 0 Å². The molecule has 1 aromatic rings. The van der Waals surface area contributed by atoms with E-state index >= 15 is 0 Å². The molecule has 1 aromatic carbocycles. The summed E-state index contributed by atoms with van der Waals surface area (Å²) in [5.41, 5.74) is -0.752. The Labute approximate surface area is 108 Å². The van der Waals surface area contributed by atoms with E-state index in [9.17, 15) is 0 Å². The van der Waals surface area contributed by atoms with Crippen LogP contribution in [0.25, 0.3) is 0 Å². The van der Waals surface area contributed by atoms with Gasteiger partial charge < -0.3 is 18.6 Å². The highest BCUT2D eigenvalue weighted by atomic mass is 16.7. The van der Waals surface area contributed by atoms with Gasteiger partial charge in [-0.1, -0.05) is 12.1 Å². The highest BCUT2D eigenvalue weighted by molar-refractivity contribution is 7.11. The van der Waals surface area contributed by atoms with E-state index in [4.69, 9.17) is 18.6 Å². The summed E-state index contributed by atoms with van der Waals surface area (Å²) in [7, 11) is -1.05. The Morgan fingerprint density at radius 1 is 0.778 bits per heavy atom. The van der Waals surface area contributed by atoms with Crippen molar-refractivity contribution >= 4 is 14.0 Å². The maximum absolute atomic E-state index is 5.91. The molecule has 94 valence electrons. The topological polar surface area (TPSA) is 36.9 Å². The molecule has 0 unspecified atom stereocenters. The Balaban J connectivity index is 1.77. The molecule has 0 N–H and O–H groups in total. The first-order valence-corrected chi connectivity index (χ1v) is 6.17. The Morgan fingerprint density at radius 2 is 1.22 bits per heavy atom. The summed E-state index contributed by atoms with van der Waals surface area (Å²) in [5.74, 6) is 1.47. The Kier molecular flexibility index (Phi) is 2.44. The highest BCUT2D eigenvalue weighted by Crippen LogP contribution is 2.40. The molecule has 4 nitrogen and oxygen atoms in total. The van der Waals surface area contributed by atoms with Gasteiger partial charge in [-0.15, -0.1) is 0 Å². The molecule has 18 heavy (non-hydrogen) atoms. The van der Waals surface area contributed by atoms with Crippen molar-refractivity contribution in [1.29, 1.82) is 0 Å². The van der Waals surface area contributed by atoms with Crippen molar-refractivity contribution in [3.8, 4) is 11.5 Å². The lowest BCUT2D eigenvalue weighted by molar-refractivity contribution is 0.00578. The maximum atomic E-state index is 5.91. The summed E-state index contributed by atoms with van der Waals surface area (Å²) in [5, 5.41) is 0. The Bertz CT molecular complexity index is 434. The molecule has 0 aromatic heterocycles. The van der Waals surface area contributed by atoms with Crippen LogP contribution in [0.1, 0.15) is 27.7 Å². The Hall–Kier alpha value is -1.13. The second-order valence-corrected chi connectivity index (χ2v) is 5.68. The molecular weight excluding hydrogens is 230 g/mol. The fourth-order valence-electron chi connectivity index (χ4n) is 2.03. The quantitative estimate of drug-likeness (QED) is 0.711. The number of hydrogen-bond donors (Lipinski definition) is 0. The second kappa shape index (κ2) is 3.68. The SMILES string of the molecule is CC1(C)OB(B2Oc3ccccc3O2)OC1(C)C. The Morgan fingerprint density at radius 3 is 1.67 bits per heavy atom. The summed E-state index contributed by atoms with van der Waals surface area (Å²) in [6.45, 7) is 8.04. The molecule has 1 saturated heterocycles. The van der Waals surface area contributed by atoms with Crippen LogP contribution in [0.15, 0.2) is 24.3 Å². The van der Waals surface area contributed by atoms with E-state index in [-0.39, 0.29) is 11.2 Å². The number of fused-ring (bicyclic) bond motifs is 1. The zero-order valence-corrected chi connectivity index (χ0v) is 11.1. The zero-order valence-electron chi connectivity index (χ0n) is 11.1. The van der Waals surface area contributed by atoms with Crippen LogP contribution in [0.3, 0.4) is 0 Å². The van der Waals surface area contributed by atoms with Crippen molar-refractivity contribution in [1.82, 2.24) is 0 Å². The number of benzene rings is 1. The molecule has 0 bridgehead atoms. The van der Waals surface area contributed by atoms with E-state index in [0.717, 1.165) is 11.5 Å². The van der Waals surface area contributed by atoms with Crippen LogP contribution >= 0.6 is 0 Å². The molecule has 1 fully saturated rings. The van der Waals surface area contributed by atoms with Crippen LogP contribution in [0.5, 0.6) is 11.5 Å². The van der Waals surface area contributed by atoms with Crippen molar-refractivity contribution in [2.45, 2.75) is 38.9 Å². The average Bonchev–Trinajstić information content (AvgIpc) is 2.78. The first-order chi connectivity index (χ1) is 8.39. The smallest absolute Gasteiger partial charge is 0.526 e. The van der Waals surface area contributed by atoms with Crippen LogP contribution in [-0.4, -0.2) is 25.2 Å². The highest BCUT2D eigenvalue weighted by Gasteiger charge is 2.60. The van der Waals surface area contributed by atoms with Crippen LogP contribution < -0.4 is 9.31 Å². The number of rotatable bonds is 1. The van der Waals surface area contributed by atoms with Crippen molar-refractivity contribution in [3.63, 3.8) is 0 Å². The average molecular weight is 246 g/mol. The molecule has 0 aliphatic carbocycles. The van der Waals surface area contributed by atoms with E-state index in [2.05, 4.69) is 0 Å². The molecule has 2 heterocycles. The van der Waals surface area contributed by atoms with Crippen molar-refractivity contribution in [2.24, 2.45) is 0 Å². The monoisotopic (exact) mass is 246 g/mol. The molecule has 3 rings (SSSR count). The normalized spacial score (nSPS) is 23.6. The molecule has 0 atom stereocenters. The molecule has 0 saturated carbocycles. The standard InChI is InChI=1S/C12H16B2O4/c1-11(2)12(3,4)18-14(17-11)13-15-9-7-5-6-8-10(9)16-13/h5-8H,1-4H3.